The van der Waals surface area contributed by atoms with E-state index in [-0.39, 0.29) is 5.41 Å². The summed E-state index contributed by atoms with van der Waals surface area (Å²) in [5.41, 5.74) is 2.95. The lowest BCUT2D eigenvalue weighted by Gasteiger charge is -2.44. The van der Waals surface area contributed by atoms with Gasteiger partial charge in [0.15, 0.2) is 0 Å². The molecule has 0 amide bonds. The van der Waals surface area contributed by atoms with Gasteiger partial charge in [0.2, 0.25) is 0 Å². The number of nitrogens with one attached hydrogen (secondary N) is 1. The average molecular weight is 280 g/mol. The smallest absolute Gasteiger partial charge is 0.0431 e. The molecule has 1 N–H and O–H groups in total. The van der Waals surface area contributed by atoms with Crippen LogP contribution in [0.4, 0.5) is 0 Å². The summed E-state index contributed by atoms with van der Waals surface area (Å²) in [6.45, 7) is 0. The molecule has 0 saturated heterocycles. The summed E-state index contributed by atoms with van der Waals surface area (Å²) >= 11 is 0. The molecule has 1 heterocycles. The third kappa shape index (κ3) is 2.73. The van der Waals surface area contributed by atoms with E-state index in [0.717, 1.165) is 0 Å². The maximum absolute atomic E-state index is 4.33. The lowest BCUT2D eigenvalue weighted by molar-refractivity contribution is 0.221. The third-order valence-electron chi connectivity index (χ3n) is 4.95. The molecule has 0 bridgehead atoms. The van der Waals surface area contributed by atoms with E-state index in [1.54, 1.807) is 0 Å². The predicted octanol–water partition coefficient (Wildman–Crippen LogP) is 4.24. The molecule has 3 rings (SSSR count). The lowest BCUT2D eigenvalue weighted by atomic mass is 9.63. The number of hydrogen-bond donors (Lipinski definition) is 1. The molecule has 1 aromatic carbocycles. The summed E-state index contributed by atoms with van der Waals surface area (Å²) in [4.78, 5) is 4.33. The second-order valence-electron chi connectivity index (χ2n) is 6.09. The zero-order chi connectivity index (χ0) is 14.5. The fourth-order valence-corrected chi connectivity index (χ4v) is 4.01. The van der Waals surface area contributed by atoms with Crippen molar-refractivity contribution in [2.75, 3.05) is 7.05 Å². The molecule has 0 aliphatic heterocycles. The summed E-state index contributed by atoms with van der Waals surface area (Å²) in [6.07, 6.45) is 10.3. The Labute approximate surface area is 127 Å². The second-order valence-corrected chi connectivity index (χ2v) is 6.09. The molecule has 2 heteroatoms. The third-order valence-corrected chi connectivity index (χ3v) is 4.95. The van der Waals surface area contributed by atoms with Crippen LogP contribution in [0.5, 0.6) is 0 Å². The van der Waals surface area contributed by atoms with Crippen LogP contribution >= 0.6 is 0 Å². The number of nitrogens with zero attached hydrogens (tertiary/aromatic N) is 1. The molecule has 1 saturated carbocycles. The lowest BCUT2D eigenvalue weighted by Crippen LogP contribution is -2.42. The van der Waals surface area contributed by atoms with E-state index >= 15 is 0 Å². The molecule has 1 fully saturated rings. The van der Waals surface area contributed by atoms with Gasteiger partial charge in [-0.25, -0.2) is 0 Å². The van der Waals surface area contributed by atoms with Crippen LogP contribution in [-0.2, 0) is 5.41 Å². The van der Waals surface area contributed by atoms with Crippen LogP contribution in [0.3, 0.4) is 0 Å². The SMILES string of the molecule is CNC(c1cccnc1)C1(c2ccccc2)CCCCC1. The first-order valence-corrected chi connectivity index (χ1v) is 7.99. The van der Waals surface area contributed by atoms with E-state index in [4.69, 9.17) is 0 Å². The summed E-state index contributed by atoms with van der Waals surface area (Å²) in [5, 5.41) is 3.59. The second kappa shape index (κ2) is 6.40. The Morgan fingerprint density at radius 2 is 1.76 bits per heavy atom. The van der Waals surface area contributed by atoms with Crippen LogP contribution in [0.1, 0.15) is 49.3 Å². The Kier molecular flexibility index (Phi) is 4.35. The van der Waals surface area contributed by atoms with Gasteiger partial charge >= 0.3 is 0 Å². The van der Waals surface area contributed by atoms with E-state index in [1.165, 1.54) is 43.2 Å². The number of aromatic nitrogens is 1. The number of hydrogen-bond acceptors (Lipinski definition) is 2. The molecule has 2 aromatic rings. The van der Waals surface area contributed by atoms with Crippen LogP contribution in [0, 0.1) is 0 Å². The first kappa shape index (κ1) is 14.3. The highest BCUT2D eigenvalue weighted by Gasteiger charge is 2.41. The minimum Gasteiger partial charge on any atom is -0.312 e. The zero-order valence-corrected chi connectivity index (χ0v) is 12.8. The molecule has 0 radical (unpaired) electrons. The van der Waals surface area contributed by atoms with E-state index in [9.17, 15) is 0 Å². The fraction of sp³-hybridized carbons (Fsp3) is 0.421. The molecule has 1 aliphatic rings. The first-order valence-electron chi connectivity index (χ1n) is 7.99. The Morgan fingerprint density at radius 3 is 2.38 bits per heavy atom. The summed E-state index contributed by atoms with van der Waals surface area (Å²) < 4.78 is 0. The first-order chi connectivity index (χ1) is 10.4. The van der Waals surface area contributed by atoms with Crippen molar-refractivity contribution in [3.8, 4) is 0 Å². The highest BCUT2D eigenvalue weighted by molar-refractivity contribution is 5.33. The summed E-state index contributed by atoms with van der Waals surface area (Å²) in [7, 11) is 2.08. The zero-order valence-electron chi connectivity index (χ0n) is 12.8. The average Bonchev–Trinajstić information content (AvgIpc) is 2.58. The molecular formula is C19H24N2. The van der Waals surface area contributed by atoms with E-state index < -0.39 is 0 Å². The Bertz CT molecular complexity index is 544. The molecular weight excluding hydrogens is 256 g/mol. The highest BCUT2D eigenvalue weighted by Crippen LogP contribution is 2.47. The maximum atomic E-state index is 4.33. The molecule has 21 heavy (non-hydrogen) atoms. The van der Waals surface area contributed by atoms with Gasteiger partial charge in [-0.3, -0.25) is 4.98 Å². The molecule has 0 spiro atoms. The van der Waals surface area contributed by atoms with Crippen molar-refractivity contribution in [3.63, 3.8) is 0 Å². The topological polar surface area (TPSA) is 24.9 Å². The van der Waals surface area contributed by atoms with Crippen LogP contribution in [-0.4, -0.2) is 12.0 Å². The van der Waals surface area contributed by atoms with Crippen molar-refractivity contribution in [1.82, 2.24) is 10.3 Å². The number of benzene rings is 1. The van der Waals surface area contributed by atoms with Gasteiger partial charge in [-0.05, 0) is 37.1 Å². The van der Waals surface area contributed by atoms with Crippen LogP contribution in [0.2, 0.25) is 0 Å². The van der Waals surface area contributed by atoms with Crippen LogP contribution in [0.15, 0.2) is 54.9 Å². The summed E-state index contributed by atoms with van der Waals surface area (Å²) in [5.74, 6) is 0. The molecule has 1 aromatic heterocycles. The maximum Gasteiger partial charge on any atom is 0.0431 e. The van der Waals surface area contributed by atoms with Gasteiger partial charge in [-0.1, -0.05) is 55.7 Å². The van der Waals surface area contributed by atoms with Crippen molar-refractivity contribution in [2.24, 2.45) is 0 Å². The highest BCUT2D eigenvalue weighted by atomic mass is 14.9. The van der Waals surface area contributed by atoms with Gasteiger partial charge in [0.05, 0.1) is 0 Å². The van der Waals surface area contributed by atoms with Crippen molar-refractivity contribution < 1.29 is 0 Å². The standard InChI is InChI=1S/C19H24N2/c1-20-18(16-9-8-14-21-15-16)19(12-6-3-7-13-19)17-10-4-2-5-11-17/h2,4-5,8-11,14-15,18,20H,3,6-7,12-13H2,1H3. The van der Waals surface area contributed by atoms with Crippen LogP contribution in [0.25, 0.3) is 0 Å². The van der Waals surface area contributed by atoms with Gasteiger partial charge in [0, 0.05) is 23.9 Å². The van der Waals surface area contributed by atoms with Crippen molar-refractivity contribution in [1.29, 1.82) is 0 Å². The number of likely N-dealkylation sites (N-methyl/N-ethyl adjacent to an activating group) is 1. The van der Waals surface area contributed by atoms with Crippen molar-refractivity contribution >= 4 is 0 Å². The molecule has 2 nitrogen and oxygen atoms in total. The van der Waals surface area contributed by atoms with E-state index in [0.29, 0.717) is 6.04 Å². The van der Waals surface area contributed by atoms with Gasteiger partial charge in [-0.15, -0.1) is 0 Å². The van der Waals surface area contributed by atoms with Crippen molar-refractivity contribution in [2.45, 2.75) is 43.6 Å². The monoisotopic (exact) mass is 280 g/mol. The molecule has 1 aliphatic carbocycles. The molecule has 110 valence electrons. The molecule has 1 atom stereocenters. The Balaban J connectivity index is 2.06. The van der Waals surface area contributed by atoms with Gasteiger partial charge in [-0.2, -0.15) is 0 Å². The van der Waals surface area contributed by atoms with Gasteiger partial charge < -0.3 is 5.32 Å². The minimum absolute atomic E-state index is 0.192. The van der Waals surface area contributed by atoms with Gasteiger partial charge in [0.25, 0.3) is 0 Å². The van der Waals surface area contributed by atoms with E-state index in [1.807, 2.05) is 18.5 Å². The fourth-order valence-electron chi connectivity index (χ4n) is 4.01. The number of rotatable bonds is 4. The normalized spacial score (nSPS) is 19.1. The van der Waals surface area contributed by atoms with E-state index in [2.05, 4.69) is 53.7 Å². The predicted molar refractivity (Wildman–Crippen MR) is 87.2 cm³/mol. The summed E-state index contributed by atoms with van der Waals surface area (Å²) in [6, 6.07) is 15.6. The Hall–Kier alpha value is -1.67. The number of pyridine rings is 1. The largest absolute Gasteiger partial charge is 0.312 e. The van der Waals surface area contributed by atoms with Crippen molar-refractivity contribution in [3.05, 3.63) is 66.0 Å². The minimum atomic E-state index is 0.192. The van der Waals surface area contributed by atoms with Crippen LogP contribution < -0.4 is 5.32 Å². The van der Waals surface area contributed by atoms with Gasteiger partial charge in [0.1, 0.15) is 0 Å². The Morgan fingerprint density at radius 1 is 1.00 bits per heavy atom. The molecule has 1 unspecified atom stereocenters. The quantitative estimate of drug-likeness (QED) is 0.906.